The van der Waals surface area contributed by atoms with Crippen LogP contribution in [0.25, 0.3) is 10.9 Å². The largest absolute Gasteiger partial charge is 0.379 e. The van der Waals surface area contributed by atoms with Crippen LogP contribution in [0.15, 0.2) is 35.1 Å². The predicted octanol–water partition coefficient (Wildman–Crippen LogP) is 2.84. The van der Waals surface area contributed by atoms with Gasteiger partial charge in [-0.3, -0.25) is 19.1 Å². The van der Waals surface area contributed by atoms with Crippen molar-refractivity contribution in [3.8, 4) is 0 Å². The fourth-order valence-corrected chi connectivity index (χ4v) is 5.35. The Balaban J connectivity index is 1.37. The number of ether oxygens (including phenoxy) is 2. The molecule has 0 bridgehead atoms. The van der Waals surface area contributed by atoms with Crippen LogP contribution < -0.4 is 15.4 Å². The second-order valence-electron chi connectivity index (χ2n) is 10.5. The molecule has 196 valence electrons. The molecule has 1 aromatic carbocycles. The third kappa shape index (κ3) is 4.40. The van der Waals surface area contributed by atoms with E-state index in [0.717, 1.165) is 30.0 Å². The summed E-state index contributed by atoms with van der Waals surface area (Å²) in [6, 6.07) is 9.79. The fraction of sp³-hybridized carbons (Fsp3) is 0.500. The number of aryl methyl sites for hydroxylation is 2. The number of carbonyl (C=O) groups excluding carboxylic acids is 1. The number of rotatable bonds is 6. The van der Waals surface area contributed by atoms with Gasteiger partial charge >= 0.3 is 0 Å². The van der Waals surface area contributed by atoms with Crippen molar-refractivity contribution in [3.63, 3.8) is 0 Å². The van der Waals surface area contributed by atoms with Crippen LogP contribution in [-0.4, -0.2) is 66.5 Å². The predicted molar refractivity (Wildman–Crippen MR) is 144 cm³/mol. The molecule has 0 radical (unpaired) electrons. The second-order valence-corrected chi connectivity index (χ2v) is 10.5. The highest BCUT2D eigenvalue weighted by Crippen LogP contribution is 2.39. The maximum absolute atomic E-state index is 13.4. The van der Waals surface area contributed by atoms with Crippen LogP contribution in [0.2, 0.25) is 0 Å². The number of hydrogen-bond acceptors (Lipinski definition) is 7. The Kier molecular flexibility index (Phi) is 6.53. The average molecular weight is 506 g/mol. The molecule has 0 N–H and O–H groups in total. The fourth-order valence-electron chi connectivity index (χ4n) is 5.35. The molecule has 0 spiro atoms. The van der Waals surface area contributed by atoms with E-state index in [2.05, 4.69) is 4.90 Å². The van der Waals surface area contributed by atoms with Gasteiger partial charge in [0.1, 0.15) is 17.7 Å². The molecule has 1 amide bonds. The number of nitrogens with zero attached hydrogens (tertiary/aromatic N) is 5. The molecule has 2 aromatic heterocycles. The SMILES string of the molecule is CO[C@@H](C)[C@H]1CN(c2ccc3c(=O)n(CCc4ccc5c(n4)N(C)C(=O)C5(C)C)c(C)nc3c2)CCO1. The second kappa shape index (κ2) is 9.54. The summed E-state index contributed by atoms with van der Waals surface area (Å²) >= 11 is 0. The summed E-state index contributed by atoms with van der Waals surface area (Å²) in [6.45, 7) is 10.3. The summed E-state index contributed by atoms with van der Waals surface area (Å²) in [4.78, 5) is 39.4. The van der Waals surface area contributed by atoms with E-state index < -0.39 is 5.41 Å². The molecule has 2 aliphatic heterocycles. The minimum Gasteiger partial charge on any atom is -0.379 e. The van der Waals surface area contributed by atoms with E-state index in [4.69, 9.17) is 19.4 Å². The van der Waals surface area contributed by atoms with Crippen molar-refractivity contribution < 1.29 is 14.3 Å². The first-order chi connectivity index (χ1) is 17.6. The number of carbonyl (C=O) groups is 1. The molecule has 0 saturated carbocycles. The quantitative estimate of drug-likeness (QED) is 0.509. The number of morpholine rings is 1. The lowest BCUT2D eigenvalue weighted by Crippen LogP contribution is -2.47. The van der Waals surface area contributed by atoms with Gasteiger partial charge in [0.05, 0.1) is 29.0 Å². The Morgan fingerprint density at radius 2 is 1.97 bits per heavy atom. The minimum absolute atomic E-state index is 0.00312. The number of anilines is 2. The first kappa shape index (κ1) is 25.4. The Morgan fingerprint density at radius 3 is 2.73 bits per heavy atom. The molecule has 37 heavy (non-hydrogen) atoms. The molecule has 3 aromatic rings. The van der Waals surface area contributed by atoms with E-state index in [9.17, 15) is 9.59 Å². The highest BCUT2D eigenvalue weighted by Gasteiger charge is 2.43. The molecule has 0 aliphatic carbocycles. The first-order valence-electron chi connectivity index (χ1n) is 12.8. The average Bonchev–Trinajstić information content (AvgIpc) is 3.07. The lowest BCUT2D eigenvalue weighted by Gasteiger charge is -2.36. The van der Waals surface area contributed by atoms with Crippen molar-refractivity contribution in [3.05, 3.63) is 57.8 Å². The number of aromatic nitrogens is 3. The molecular formula is C28H35N5O4. The van der Waals surface area contributed by atoms with Crippen molar-refractivity contribution in [2.24, 2.45) is 0 Å². The molecule has 9 nitrogen and oxygen atoms in total. The van der Waals surface area contributed by atoms with Gasteiger partial charge in [0, 0.05) is 57.2 Å². The number of hydrogen-bond donors (Lipinski definition) is 0. The molecule has 0 unspecified atom stereocenters. The molecule has 1 fully saturated rings. The van der Waals surface area contributed by atoms with Crippen LogP contribution in [-0.2, 0) is 32.6 Å². The van der Waals surface area contributed by atoms with E-state index in [0.29, 0.717) is 42.1 Å². The van der Waals surface area contributed by atoms with Crippen molar-refractivity contribution in [1.29, 1.82) is 0 Å². The Hall–Kier alpha value is -3.30. The first-order valence-corrected chi connectivity index (χ1v) is 12.8. The molecular weight excluding hydrogens is 470 g/mol. The Bertz CT molecular complexity index is 1420. The zero-order valence-corrected chi connectivity index (χ0v) is 22.4. The van der Waals surface area contributed by atoms with Crippen LogP contribution in [0, 0.1) is 6.92 Å². The maximum Gasteiger partial charge on any atom is 0.261 e. The number of fused-ring (bicyclic) bond motifs is 2. The van der Waals surface area contributed by atoms with Crippen LogP contribution in [0.1, 0.15) is 37.9 Å². The van der Waals surface area contributed by atoms with Gasteiger partial charge in [0.15, 0.2) is 0 Å². The highest BCUT2D eigenvalue weighted by molar-refractivity contribution is 6.06. The van der Waals surface area contributed by atoms with Crippen molar-refractivity contribution in [2.45, 2.75) is 58.3 Å². The van der Waals surface area contributed by atoms with E-state index in [1.165, 1.54) is 0 Å². The number of likely N-dealkylation sites (N-methyl/N-ethyl adjacent to an activating group) is 1. The lowest BCUT2D eigenvalue weighted by molar-refractivity contribution is -0.121. The third-order valence-electron chi connectivity index (χ3n) is 7.84. The van der Waals surface area contributed by atoms with E-state index in [1.54, 1.807) is 23.6 Å². The summed E-state index contributed by atoms with van der Waals surface area (Å²) in [7, 11) is 3.46. The maximum atomic E-state index is 13.4. The van der Waals surface area contributed by atoms with Gasteiger partial charge in [0.2, 0.25) is 5.91 Å². The van der Waals surface area contributed by atoms with E-state index in [1.807, 2.05) is 58.0 Å². The van der Waals surface area contributed by atoms with Crippen molar-refractivity contribution in [2.75, 3.05) is 43.7 Å². The summed E-state index contributed by atoms with van der Waals surface area (Å²) in [5.74, 6) is 1.40. The topological polar surface area (TPSA) is 89.8 Å². The van der Waals surface area contributed by atoms with Crippen LogP contribution >= 0.6 is 0 Å². The van der Waals surface area contributed by atoms with Gasteiger partial charge < -0.3 is 14.4 Å². The normalized spacial score (nSPS) is 19.9. The van der Waals surface area contributed by atoms with Crippen LogP contribution in [0.5, 0.6) is 0 Å². The molecule has 9 heteroatoms. The zero-order valence-electron chi connectivity index (χ0n) is 22.4. The van der Waals surface area contributed by atoms with Crippen LogP contribution in [0.3, 0.4) is 0 Å². The van der Waals surface area contributed by atoms with Gasteiger partial charge in [0.25, 0.3) is 5.56 Å². The smallest absolute Gasteiger partial charge is 0.261 e. The number of methoxy groups -OCH3 is 1. The van der Waals surface area contributed by atoms with Gasteiger partial charge in [-0.15, -0.1) is 0 Å². The molecule has 2 atom stereocenters. The Morgan fingerprint density at radius 1 is 1.19 bits per heavy atom. The number of pyridine rings is 1. The monoisotopic (exact) mass is 505 g/mol. The van der Waals surface area contributed by atoms with Gasteiger partial charge in [-0.25, -0.2) is 9.97 Å². The number of amides is 1. The van der Waals surface area contributed by atoms with E-state index in [-0.39, 0.29) is 23.7 Å². The summed E-state index contributed by atoms with van der Waals surface area (Å²) in [6.07, 6.45) is 0.562. The molecule has 4 heterocycles. The van der Waals surface area contributed by atoms with Crippen molar-refractivity contribution in [1.82, 2.24) is 14.5 Å². The zero-order chi connectivity index (χ0) is 26.5. The molecule has 1 saturated heterocycles. The minimum atomic E-state index is -0.575. The van der Waals surface area contributed by atoms with Crippen LogP contribution in [0.4, 0.5) is 11.5 Å². The molecule has 5 rings (SSSR count). The standard InChI is InChI=1S/C28H35N5O4/c1-17(36-6)24-16-32(13-14-37-24)20-8-9-21-23(15-20)29-18(2)33(26(21)34)12-11-19-7-10-22-25(30-19)31(5)27(35)28(22,3)4/h7-10,15,17,24H,11-14,16H2,1-6H3/t17-,24+/m0/s1. The number of benzene rings is 1. The highest BCUT2D eigenvalue weighted by atomic mass is 16.5. The van der Waals surface area contributed by atoms with Gasteiger partial charge in [-0.05, 0) is 52.0 Å². The summed E-state index contributed by atoms with van der Waals surface area (Å²) in [5.41, 5.74) is 2.85. The van der Waals surface area contributed by atoms with Gasteiger partial charge in [-0.1, -0.05) is 6.07 Å². The third-order valence-corrected chi connectivity index (χ3v) is 7.84. The lowest BCUT2D eigenvalue weighted by atomic mass is 9.87. The summed E-state index contributed by atoms with van der Waals surface area (Å²) in [5, 5.41) is 0.596. The van der Waals surface area contributed by atoms with Gasteiger partial charge in [-0.2, -0.15) is 0 Å². The molecule has 2 aliphatic rings. The summed E-state index contributed by atoms with van der Waals surface area (Å²) < 4.78 is 13.0. The van der Waals surface area contributed by atoms with Crippen molar-refractivity contribution >= 4 is 28.3 Å². The van der Waals surface area contributed by atoms with E-state index >= 15 is 0 Å². The Labute approximate surface area is 217 Å².